The van der Waals surface area contributed by atoms with Crippen LogP contribution >= 0.6 is 0 Å². The summed E-state index contributed by atoms with van der Waals surface area (Å²) in [5.41, 5.74) is 2.67. The molecule has 7 heteroatoms. The second-order valence-electron chi connectivity index (χ2n) is 7.45. The maximum Gasteiger partial charge on any atom is 0.253 e. The smallest absolute Gasteiger partial charge is 0.253 e. The number of carbonyl (C=O) groups is 3. The summed E-state index contributed by atoms with van der Waals surface area (Å²) in [6.45, 7) is 3.13. The molecule has 0 saturated carbocycles. The van der Waals surface area contributed by atoms with Crippen molar-refractivity contribution in [3.63, 3.8) is 0 Å². The molecule has 0 spiro atoms. The first-order valence-corrected chi connectivity index (χ1v) is 10.3. The lowest BCUT2D eigenvalue weighted by Crippen LogP contribution is -2.31. The highest BCUT2D eigenvalue weighted by Gasteiger charge is 2.17. The van der Waals surface area contributed by atoms with Crippen molar-refractivity contribution in [3.05, 3.63) is 54.1 Å². The van der Waals surface area contributed by atoms with Crippen LogP contribution in [0.3, 0.4) is 0 Å². The third-order valence-corrected chi connectivity index (χ3v) is 4.94. The predicted octanol–water partition coefficient (Wildman–Crippen LogP) is 3.71. The minimum atomic E-state index is -0.202. The average Bonchev–Trinajstić information content (AvgIpc) is 3.02. The van der Waals surface area contributed by atoms with Crippen LogP contribution in [0.25, 0.3) is 0 Å². The fourth-order valence-corrected chi connectivity index (χ4v) is 3.45. The van der Waals surface area contributed by atoms with Gasteiger partial charge in [-0.3, -0.25) is 14.4 Å². The number of nitrogens with one attached hydrogen (secondary N) is 3. The Balaban J connectivity index is 1.52. The summed E-state index contributed by atoms with van der Waals surface area (Å²) in [5, 5.41) is 8.55. The van der Waals surface area contributed by atoms with E-state index in [0.29, 0.717) is 16.9 Å². The molecule has 0 aliphatic carbocycles. The summed E-state index contributed by atoms with van der Waals surface area (Å²) < 4.78 is 0. The van der Waals surface area contributed by atoms with E-state index >= 15 is 0 Å². The van der Waals surface area contributed by atoms with Crippen LogP contribution in [-0.4, -0.2) is 42.3 Å². The van der Waals surface area contributed by atoms with Crippen molar-refractivity contribution < 1.29 is 14.4 Å². The first kappa shape index (κ1) is 21.4. The van der Waals surface area contributed by atoms with E-state index in [2.05, 4.69) is 16.0 Å². The van der Waals surface area contributed by atoms with E-state index in [1.54, 1.807) is 30.3 Å². The molecule has 30 heavy (non-hydrogen) atoms. The molecule has 0 bridgehead atoms. The number of nitrogens with zero attached hydrogens (tertiary/aromatic N) is 1. The zero-order valence-electron chi connectivity index (χ0n) is 17.2. The maximum absolute atomic E-state index is 12.8. The van der Waals surface area contributed by atoms with Gasteiger partial charge in [-0.1, -0.05) is 18.9 Å². The summed E-state index contributed by atoms with van der Waals surface area (Å²) in [6.07, 6.45) is 4.46. The SMILES string of the molecule is CC(=O)Nc1ccc(NC(=O)CNc2cccc(C(=O)N3CCCCCC3)c2)cc1. The Hall–Kier alpha value is -3.35. The van der Waals surface area contributed by atoms with Gasteiger partial charge in [0.15, 0.2) is 0 Å². The second kappa shape index (κ2) is 10.4. The van der Waals surface area contributed by atoms with Gasteiger partial charge in [0.1, 0.15) is 0 Å². The van der Waals surface area contributed by atoms with Gasteiger partial charge in [0.2, 0.25) is 11.8 Å². The normalized spacial score (nSPS) is 13.8. The molecule has 1 aliphatic rings. The lowest BCUT2D eigenvalue weighted by Gasteiger charge is -2.20. The van der Waals surface area contributed by atoms with Crippen LogP contribution < -0.4 is 16.0 Å². The molecule has 3 amide bonds. The number of hydrogen-bond donors (Lipinski definition) is 3. The fraction of sp³-hybridized carbons (Fsp3) is 0.348. The standard InChI is InChI=1S/C23H28N4O3/c1-17(28)25-19-9-11-20(12-10-19)26-22(29)16-24-21-8-6-7-18(15-21)23(30)27-13-4-2-3-5-14-27/h6-12,15,24H,2-5,13-14,16H2,1H3,(H,25,28)(H,26,29). The Morgan fingerprint density at radius 2 is 1.47 bits per heavy atom. The molecule has 1 heterocycles. The molecule has 1 aliphatic heterocycles. The third-order valence-electron chi connectivity index (χ3n) is 4.94. The highest BCUT2D eigenvalue weighted by molar-refractivity contribution is 5.96. The number of likely N-dealkylation sites (tertiary alicyclic amines) is 1. The van der Waals surface area contributed by atoms with E-state index in [9.17, 15) is 14.4 Å². The van der Waals surface area contributed by atoms with Crippen LogP contribution in [0.4, 0.5) is 17.1 Å². The molecular weight excluding hydrogens is 380 g/mol. The lowest BCUT2D eigenvalue weighted by molar-refractivity contribution is -0.115. The second-order valence-corrected chi connectivity index (χ2v) is 7.45. The maximum atomic E-state index is 12.8. The van der Waals surface area contributed by atoms with E-state index < -0.39 is 0 Å². The molecule has 0 radical (unpaired) electrons. The minimum Gasteiger partial charge on any atom is -0.376 e. The zero-order valence-corrected chi connectivity index (χ0v) is 17.2. The van der Waals surface area contributed by atoms with Gasteiger partial charge in [-0.15, -0.1) is 0 Å². The molecule has 3 N–H and O–H groups in total. The largest absolute Gasteiger partial charge is 0.376 e. The van der Waals surface area contributed by atoms with Crippen molar-refractivity contribution >= 4 is 34.8 Å². The van der Waals surface area contributed by atoms with Crippen molar-refractivity contribution in [2.45, 2.75) is 32.6 Å². The lowest BCUT2D eigenvalue weighted by atomic mass is 10.1. The van der Waals surface area contributed by atoms with Gasteiger partial charge in [0, 0.05) is 42.6 Å². The predicted molar refractivity (Wildman–Crippen MR) is 119 cm³/mol. The molecule has 158 valence electrons. The van der Waals surface area contributed by atoms with Gasteiger partial charge in [-0.25, -0.2) is 0 Å². The summed E-state index contributed by atoms with van der Waals surface area (Å²) in [6, 6.07) is 14.2. The highest BCUT2D eigenvalue weighted by Crippen LogP contribution is 2.17. The molecule has 1 saturated heterocycles. The van der Waals surface area contributed by atoms with Gasteiger partial charge in [0.05, 0.1) is 6.54 Å². The van der Waals surface area contributed by atoms with Crippen molar-refractivity contribution in [1.82, 2.24) is 4.90 Å². The Morgan fingerprint density at radius 1 is 0.833 bits per heavy atom. The fourth-order valence-electron chi connectivity index (χ4n) is 3.45. The summed E-state index contributed by atoms with van der Waals surface area (Å²) in [7, 11) is 0. The number of rotatable bonds is 6. The minimum absolute atomic E-state index is 0.0456. The van der Waals surface area contributed by atoms with E-state index in [-0.39, 0.29) is 24.3 Å². The van der Waals surface area contributed by atoms with Crippen LogP contribution in [0.2, 0.25) is 0 Å². The van der Waals surface area contributed by atoms with Crippen LogP contribution in [0.5, 0.6) is 0 Å². The van der Waals surface area contributed by atoms with Crippen LogP contribution in [0.1, 0.15) is 43.0 Å². The number of hydrogen-bond acceptors (Lipinski definition) is 4. The Labute approximate surface area is 176 Å². The monoisotopic (exact) mass is 408 g/mol. The van der Waals surface area contributed by atoms with E-state index in [0.717, 1.165) is 31.6 Å². The molecule has 0 aromatic heterocycles. The Morgan fingerprint density at radius 3 is 2.10 bits per heavy atom. The first-order chi connectivity index (χ1) is 14.5. The van der Waals surface area contributed by atoms with Crippen molar-refractivity contribution in [3.8, 4) is 0 Å². The van der Waals surface area contributed by atoms with Gasteiger partial charge < -0.3 is 20.9 Å². The van der Waals surface area contributed by atoms with Crippen LogP contribution in [0, 0.1) is 0 Å². The van der Waals surface area contributed by atoms with E-state index in [1.165, 1.54) is 19.8 Å². The topological polar surface area (TPSA) is 90.5 Å². The quantitative estimate of drug-likeness (QED) is 0.680. The van der Waals surface area contributed by atoms with E-state index in [1.807, 2.05) is 23.1 Å². The Bertz CT molecular complexity index is 888. The highest BCUT2D eigenvalue weighted by atomic mass is 16.2. The molecule has 1 fully saturated rings. The van der Waals surface area contributed by atoms with Gasteiger partial charge in [-0.05, 0) is 55.3 Å². The molecule has 3 rings (SSSR count). The number of anilines is 3. The van der Waals surface area contributed by atoms with Crippen LogP contribution in [-0.2, 0) is 9.59 Å². The molecule has 2 aromatic rings. The summed E-state index contributed by atoms with van der Waals surface area (Å²) in [4.78, 5) is 38.0. The molecule has 0 unspecified atom stereocenters. The van der Waals surface area contributed by atoms with Crippen molar-refractivity contribution in [2.75, 3.05) is 35.6 Å². The van der Waals surface area contributed by atoms with Gasteiger partial charge in [-0.2, -0.15) is 0 Å². The first-order valence-electron chi connectivity index (χ1n) is 10.3. The van der Waals surface area contributed by atoms with Crippen molar-refractivity contribution in [2.24, 2.45) is 0 Å². The Kier molecular flexibility index (Phi) is 7.43. The summed E-state index contributed by atoms with van der Waals surface area (Å²) >= 11 is 0. The van der Waals surface area contributed by atoms with E-state index in [4.69, 9.17) is 0 Å². The molecule has 7 nitrogen and oxygen atoms in total. The number of amides is 3. The number of benzene rings is 2. The van der Waals surface area contributed by atoms with Crippen LogP contribution in [0.15, 0.2) is 48.5 Å². The zero-order chi connectivity index (χ0) is 21.3. The molecule has 2 aromatic carbocycles. The number of carbonyl (C=O) groups excluding carboxylic acids is 3. The van der Waals surface area contributed by atoms with Gasteiger partial charge >= 0.3 is 0 Å². The van der Waals surface area contributed by atoms with Crippen molar-refractivity contribution in [1.29, 1.82) is 0 Å². The molecular formula is C23H28N4O3. The molecule has 0 atom stereocenters. The van der Waals surface area contributed by atoms with Gasteiger partial charge in [0.25, 0.3) is 5.91 Å². The average molecular weight is 409 g/mol. The third kappa shape index (κ3) is 6.34. The summed E-state index contributed by atoms with van der Waals surface area (Å²) in [5.74, 6) is -0.302.